The van der Waals surface area contributed by atoms with E-state index < -0.39 is 23.8 Å². The van der Waals surface area contributed by atoms with Crippen molar-refractivity contribution < 1.29 is 34.9 Å². The molecule has 0 spiro atoms. The van der Waals surface area contributed by atoms with E-state index in [0.717, 1.165) is 16.0 Å². The molecule has 0 fully saturated rings. The lowest BCUT2D eigenvalue weighted by Crippen LogP contribution is -2.91. The van der Waals surface area contributed by atoms with Gasteiger partial charge < -0.3 is 15.3 Å². The number of hydrogen-bond acceptors (Lipinski definition) is 6. The first-order chi connectivity index (χ1) is 20.1. The van der Waals surface area contributed by atoms with Crippen molar-refractivity contribution >= 4 is 29.3 Å². The standard InChI is InChI=1S/C32H35N5O5/c1-5-24(29(39)33-20(2)22-15-10-7-11-16-22)34-26-27(32(42)37(31(26)41)19-21-13-8-6-9-14-21)35-25-18-12-17-23(28(25)38)30(40)36(3)4/h6-18,20,24,34-35,38H,5,19H2,1-4H3,(H,33,39)/p+2/t20?,24-/m1/s1. The van der Waals surface area contributed by atoms with E-state index >= 15 is 0 Å². The Hall–Kier alpha value is -4.80. The van der Waals surface area contributed by atoms with Gasteiger partial charge in [0.25, 0.3) is 11.8 Å². The van der Waals surface area contributed by atoms with Crippen LogP contribution in [0.25, 0.3) is 0 Å². The Morgan fingerprint density at radius 2 is 1.57 bits per heavy atom. The van der Waals surface area contributed by atoms with Gasteiger partial charge in [-0.2, -0.15) is 0 Å². The Bertz CT molecular complexity index is 1500. The van der Waals surface area contributed by atoms with Crippen LogP contribution < -0.4 is 16.0 Å². The number of aromatic hydroxyl groups is 1. The molecule has 218 valence electrons. The Morgan fingerprint density at radius 1 is 0.929 bits per heavy atom. The summed E-state index contributed by atoms with van der Waals surface area (Å²) in [5.41, 5.74) is 1.98. The van der Waals surface area contributed by atoms with Gasteiger partial charge in [-0.15, -0.1) is 0 Å². The van der Waals surface area contributed by atoms with Crippen molar-refractivity contribution in [2.45, 2.75) is 38.9 Å². The van der Waals surface area contributed by atoms with Crippen LogP contribution in [0.15, 0.2) is 90.3 Å². The number of para-hydroxylation sites is 1. The van der Waals surface area contributed by atoms with Crippen LogP contribution in [0.2, 0.25) is 0 Å². The molecule has 1 aliphatic rings. The molecule has 1 aliphatic heterocycles. The Labute approximate surface area is 245 Å². The zero-order valence-corrected chi connectivity index (χ0v) is 24.2. The predicted molar refractivity (Wildman–Crippen MR) is 156 cm³/mol. The molecule has 0 aliphatic carbocycles. The number of imide groups is 1. The number of rotatable bonds is 11. The monoisotopic (exact) mass is 571 g/mol. The lowest BCUT2D eigenvalue weighted by molar-refractivity contribution is -0.610. The molecule has 4 amide bonds. The number of nitrogens with two attached hydrogens (primary N) is 2. The molecule has 1 heterocycles. The average molecular weight is 572 g/mol. The normalized spacial score (nSPS) is 14.6. The van der Waals surface area contributed by atoms with Gasteiger partial charge in [0.2, 0.25) is 5.70 Å². The summed E-state index contributed by atoms with van der Waals surface area (Å²) < 4.78 is 0. The second-order valence-electron chi connectivity index (χ2n) is 10.4. The summed E-state index contributed by atoms with van der Waals surface area (Å²) >= 11 is 0. The molecule has 10 nitrogen and oxygen atoms in total. The summed E-state index contributed by atoms with van der Waals surface area (Å²) in [6, 6.07) is 22.5. The van der Waals surface area contributed by atoms with Gasteiger partial charge in [-0.1, -0.05) is 73.7 Å². The molecule has 0 radical (unpaired) electrons. The number of carbonyl (C=O) groups excluding carboxylic acids is 4. The average Bonchev–Trinajstić information content (AvgIpc) is 3.20. The Balaban J connectivity index is 1.66. The molecule has 0 saturated carbocycles. The van der Waals surface area contributed by atoms with Crippen LogP contribution in [0, 0.1) is 0 Å². The number of quaternary nitrogens is 2. The summed E-state index contributed by atoms with van der Waals surface area (Å²) in [7, 11) is 3.14. The van der Waals surface area contributed by atoms with Gasteiger partial charge in [0.15, 0.2) is 17.1 Å². The molecular formula is C32H37N5O5+2. The second kappa shape index (κ2) is 13.2. The number of phenolic OH excluding ortho intramolecular Hbond substituents is 1. The van der Waals surface area contributed by atoms with E-state index in [4.69, 9.17) is 0 Å². The van der Waals surface area contributed by atoms with E-state index in [0.29, 0.717) is 6.42 Å². The number of phenols is 1. The van der Waals surface area contributed by atoms with Crippen molar-refractivity contribution in [2.24, 2.45) is 0 Å². The molecule has 3 aromatic rings. The Morgan fingerprint density at radius 3 is 2.19 bits per heavy atom. The SMILES string of the molecule is CC[C@@H](NC1=C([NH2+]c2cccc(C(=O)N(C)C)c2O)C(=O)N(Cc2ccccc2)C1=O)C(=O)[NH2+]C(C)c1ccccc1. The largest absolute Gasteiger partial charge is 0.502 e. The van der Waals surface area contributed by atoms with E-state index in [-0.39, 0.29) is 46.9 Å². The van der Waals surface area contributed by atoms with Crippen molar-refractivity contribution in [1.82, 2.24) is 15.1 Å². The van der Waals surface area contributed by atoms with Gasteiger partial charge in [-0.3, -0.25) is 29.9 Å². The van der Waals surface area contributed by atoms with E-state index in [1.807, 2.05) is 74.5 Å². The zero-order valence-electron chi connectivity index (χ0n) is 24.2. The molecule has 0 aromatic heterocycles. The molecule has 4 rings (SSSR count). The predicted octanol–water partition coefficient (Wildman–Crippen LogP) is 1.29. The third-order valence-electron chi connectivity index (χ3n) is 7.20. The fraction of sp³-hybridized carbons (Fsp3) is 0.250. The highest BCUT2D eigenvalue weighted by Crippen LogP contribution is 2.26. The molecule has 1 unspecified atom stereocenters. The molecule has 10 heteroatoms. The lowest BCUT2D eigenvalue weighted by atomic mass is 10.1. The maximum atomic E-state index is 13.7. The molecule has 3 aromatic carbocycles. The first-order valence-electron chi connectivity index (χ1n) is 13.8. The minimum atomic E-state index is -0.766. The fourth-order valence-corrected chi connectivity index (χ4v) is 4.79. The quantitative estimate of drug-likeness (QED) is 0.155. The maximum Gasteiger partial charge on any atom is 0.333 e. The summed E-state index contributed by atoms with van der Waals surface area (Å²) in [4.78, 5) is 55.8. The van der Waals surface area contributed by atoms with Crippen LogP contribution in [-0.4, -0.2) is 58.7 Å². The lowest BCUT2D eigenvalue weighted by Gasteiger charge is -2.18. The molecule has 0 saturated heterocycles. The highest BCUT2D eigenvalue weighted by atomic mass is 16.3. The van der Waals surface area contributed by atoms with Gasteiger partial charge in [0.05, 0.1) is 12.1 Å². The van der Waals surface area contributed by atoms with Crippen LogP contribution in [0.5, 0.6) is 5.75 Å². The van der Waals surface area contributed by atoms with Gasteiger partial charge in [-0.25, -0.2) is 4.79 Å². The number of primary amides is 1. The van der Waals surface area contributed by atoms with Crippen LogP contribution in [0.1, 0.15) is 47.8 Å². The van der Waals surface area contributed by atoms with Crippen molar-refractivity contribution in [3.63, 3.8) is 0 Å². The van der Waals surface area contributed by atoms with Gasteiger partial charge in [0, 0.05) is 25.7 Å². The first kappa shape index (κ1) is 30.2. The van der Waals surface area contributed by atoms with Crippen molar-refractivity contribution in [3.05, 3.63) is 107 Å². The first-order valence-corrected chi connectivity index (χ1v) is 13.8. The van der Waals surface area contributed by atoms with Crippen molar-refractivity contribution in [3.8, 4) is 5.75 Å². The van der Waals surface area contributed by atoms with Gasteiger partial charge in [0.1, 0.15) is 12.1 Å². The number of carbonyl (C=O) groups is 4. The van der Waals surface area contributed by atoms with E-state index in [1.54, 1.807) is 31.5 Å². The van der Waals surface area contributed by atoms with Crippen LogP contribution in [0.4, 0.5) is 5.69 Å². The van der Waals surface area contributed by atoms with Crippen LogP contribution >= 0.6 is 0 Å². The number of nitrogens with one attached hydrogen (secondary N) is 1. The van der Waals surface area contributed by atoms with E-state index in [9.17, 15) is 24.3 Å². The molecule has 6 N–H and O–H groups in total. The van der Waals surface area contributed by atoms with Gasteiger partial charge in [-0.05, 0) is 25.0 Å². The third kappa shape index (κ3) is 6.56. The summed E-state index contributed by atoms with van der Waals surface area (Å²) in [6.07, 6.45) is 0.367. The molecule has 0 bridgehead atoms. The van der Waals surface area contributed by atoms with Crippen LogP contribution in [0.3, 0.4) is 0 Å². The Kier molecular flexibility index (Phi) is 9.51. The molecule has 42 heavy (non-hydrogen) atoms. The zero-order chi connectivity index (χ0) is 30.4. The van der Waals surface area contributed by atoms with Gasteiger partial charge >= 0.3 is 11.8 Å². The smallest absolute Gasteiger partial charge is 0.333 e. The highest BCUT2D eigenvalue weighted by molar-refractivity contribution is 6.17. The number of benzene rings is 3. The molecule has 2 atom stereocenters. The molecular weight excluding hydrogens is 534 g/mol. The summed E-state index contributed by atoms with van der Waals surface area (Å²) in [5.74, 6) is -2.06. The second-order valence-corrected chi connectivity index (χ2v) is 10.4. The summed E-state index contributed by atoms with van der Waals surface area (Å²) in [6.45, 7) is 3.79. The number of amides is 4. The van der Waals surface area contributed by atoms with E-state index in [2.05, 4.69) is 5.32 Å². The number of nitrogens with zero attached hydrogens (tertiary/aromatic N) is 2. The third-order valence-corrected chi connectivity index (χ3v) is 7.20. The number of hydrogen-bond donors (Lipinski definition) is 4. The maximum absolute atomic E-state index is 13.7. The minimum Gasteiger partial charge on any atom is -0.502 e. The van der Waals surface area contributed by atoms with Crippen molar-refractivity contribution in [1.29, 1.82) is 0 Å². The van der Waals surface area contributed by atoms with E-state index in [1.165, 1.54) is 16.3 Å². The summed E-state index contributed by atoms with van der Waals surface area (Å²) in [5, 5.41) is 17.0. The highest BCUT2D eigenvalue weighted by Gasteiger charge is 2.44. The van der Waals surface area contributed by atoms with Crippen molar-refractivity contribution in [2.75, 3.05) is 14.1 Å². The van der Waals surface area contributed by atoms with Crippen LogP contribution in [-0.2, 0) is 20.9 Å². The minimum absolute atomic E-state index is 0.00282. The topological polar surface area (TPSA) is 140 Å². The fourth-order valence-electron chi connectivity index (χ4n) is 4.79.